The molecule has 0 aromatic heterocycles. The molecule has 1 saturated heterocycles. The van der Waals surface area contributed by atoms with Gasteiger partial charge in [-0.25, -0.2) is 13.6 Å². The Morgan fingerprint density at radius 1 is 1.10 bits per heavy atom. The van der Waals surface area contributed by atoms with Crippen LogP contribution in [-0.4, -0.2) is 57.8 Å². The largest absolute Gasteiger partial charge is 0.488 e. The Balaban J connectivity index is 1.68. The van der Waals surface area contributed by atoms with Crippen molar-refractivity contribution in [3.05, 3.63) is 81.9 Å². The number of ether oxygens (including phenoxy) is 5. The highest BCUT2D eigenvalue weighted by Gasteiger charge is 2.58. The van der Waals surface area contributed by atoms with Crippen molar-refractivity contribution >= 4 is 23.6 Å². The number of halogens is 3. The summed E-state index contributed by atoms with van der Waals surface area (Å²) < 4.78 is 62.2. The van der Waals surface area contributed by atoms with Gasteiger partial charge in [0.15, 0.2) is 23.5 Å². The molecule has 2 heterocycles. The van der Waals surface area contributed by atoms with E-state index >= 15 is 8.78 Å². The van der Waals surface area contributed by atoms with E-state index in [1.54, 1.807) is 6.92 Å². The average Bonchev–Trinajstić information content (AvgIpc) is 3.38. The first-order valence-corrected chi connectivity index (χ1v) is 17.2. The molecule has 5 atom stereocenters. The van der Waals surface area contributed by atoms with Crippen LogP contribution in [0.5, 0.6) is 11.5 Å². The van der Waals surface area contributed by atoms with Gasteiger partial charge in [0, 0.05) is 42.3 Å². The lowest BCUT2D eigenvalue weighted by Gasteiger charge is -2.46. The van der Waals surface area contributed by atoms with Crippen molar-refractivity contribution in [1.82, 2.24) is 10.6 Å². The lowest BCUT2D eigenvalue weighted by atomic mass is 9.66. The number of carbonyl (C=O) groups is 2. The molecule has 0 radical (unpaired) electrons. The van der Waals surface area contributed by atoms with E-state index in [0.717, 1.165) is 25.3 Å². The first-order chi connectivity index (χ1) is 23.7. The number of rotatable bonds is 10. The molecule has 3 unspecified atom stereocenters. The second-order valence-corrected chi connectivity index (χ2v) is 14.2. The van der Waals surface area contributed by atoms with Gasteiger partial charge in [-0.15, -0.1) is 0 Å². The second kappa shape index (κ2) is 15.1. The summed E-state index contributed by atoms with van der Waals surface area (Å²) in [5.74, 6) is -3.20. The normalized spacial score (nSPS) is 21.4. The van der Waals surface area contributed by atoms with Crippen LogP contribution in [0.25, 0.3) is 11.1 Å². The molecular formula is C38H45ClF2N2O7. The zero-order valence-electron chi connectivity index (χ0n) is 29.5. The van der Waals surface area contributed by atoms with Crippen LogP contribution in [0.3, 0.4) is 0 Å². The van der Waals surface area contributed by atoms with Gasteiger partial charge in [0.05, 0.1) is 29.8 Å². The van der Waals surface area contributed by atoms with Gasteiger partial charge in [0.2, 0.25) is 0 Å². The fourth-order valence-electron chi connectivity index (χ4n) is 7.05. The maximum atomic E-state index is 16.9. The summed E-state index contributed by atoms with van der Waals surface area (Å²) in [5, 5.41) is 5.11. The van der Waals surface area contributed by atoms with Crippen LogP contribution in [0.1, 0.15) is 81.3 Å². The second-order valence-electron chi connectivity index (χ2n) is 13.8. The van der Waals surface area contributed by atoms with Crippen molar-refractivity contribution in [3.63, 3.8) is 0 Å². The molecule has 3 aromatic carbocycles. The molecule has 3 aromatic rings. The minimum atomic E-state index is -1.37. The van der Waals surface area contributed by atoms with E-state index in [2.05, 4.69) is 10.6 Å². The number of carbonyl (C=O) groups excluding carboxylic acids is 2. The van der Waals surface area contributed by atoms with Crippen LogP contribution < -0.4 is 20.1 Å². The van der Waals surface area contributed by atoms with Crippen LogP contribution in [0.2, 0.25) is 5.02 Å². The smallest absolute Gasteiger partial charge is 0.407 e. The zero-order chi connectivity index (χ0) is 36.4. The summed E-state index contributed by atoms with van der Waals surface area (Å²) >= 11 is 6.78. The van der Waals surface area contributed by atoms with E-state index in [1.807, 2.05) is 58.0 Å². The summed E-state index contributed by atoms with van der Waals surface area (Å²) in [7, 11) is 2.68. The van der Waals surface area contributed by atoms with Crippen molar-refractivity contribution in [2.75, 3.05) is 27.4 Å². The monoisotopic (exact) mass is 714 g/mol. The van der Waals surface area contributed by atoms with Gasteiger partial charge >= 0.3 is 6.09 Å². The number of hydrogen-bond acceptors (Lipinski definition) is 7. The van der Waals surface area contributed by atoms with Crippen molar-refractivity contribution in [3.8, 4) is 22.6 Å². The average molecular weight is 715 g/mol. The highest BCUT2D eigenvalue weighted by atomic mass is 35.5. The van der Waals surface area contributed by atoms with E-state index in [0.29, 0.717) is 17.7 Å². The number of alkyl carbamates (subject to hydrolysis) is 1. The Kier molecular flexibility index (Phi) is 11.3. The summed E-state index contributed by atoms with van der Waals surface area (Å²) in [4.78, 5) is 26.1. The van der Waals surface area contributed by atoms with Gasteiger partial charge < -0.3 is 34.3 Å². The minimum absolute atomic E-state index is 0.0202. The quantitative estimate of drug-likeness (QED) is 0.219. The molecule has 2 amide bonds. The van der Waals surface area contributed by atoms with Gasteiger partial charge in [0.25, 0.3) is 5.91 Å². The zero-order valence-corrected chi connectivity index (χ0v) is 30.2. The molecule has 12 heteroatoms. The summed E-state index contributed by atoms with van der Waals surface area (Å²) in [6, 6.07) is 12.4. The first kappa shape index (κ1) is 37.3. The van der Waals surface area contributed by atoms with E-state index in [-0.39, 0.29) is 41.1 Å². The third-order valence-corrected chi connectivity index (χ3v) is 9.74. The standard InChI is InChI=1S/C38H45ClF2N2O7/c1-21(49-28-15-11-12-18-47-28)20-48-26-17-16-24(34(44)42-6)30(33(26)41)31-29-22(2)38(23-13-9-8-10-14-23,50-27(29)19-25(40)32(31)39)35(37(3,4)5)43-36(45)46-7/h8-10,13-14,16-17,19,21-22,28,35H,11-12,15,18,20H2,1-7H3,(H,42,44)(H,43,45)/t21-,22?,28-,35?,38?/m0/s1. The molecule has 50 heavy (non-hydrogen) atoms. The van der Waals surface area contributed by atoms with Gasteiger partial charge in [-0.1, -0.05) is 69.6 Å². The molecule has 2 aliphatic rings. The molecule has 5 rings (SSSR count). The highest BCUT2D eigenvalue weighted by molar-refractivity contribution is 6.34. The van der Waals surface area contributed by atoms with Gasteiger partial charge in [-0.3, -0.25) is 4.79 Å². The lowest BCUT2D eigenvalue weighted by Crippen LogP contribution is -2.60. The van der Waals surface area contributed by atoms with E-state index in [9.17, 15) is 9.59 Å². The molecule has 270 valence electrons. The number of methoxy groups -OCH3 is 1. The van der Waals surface area contributed by atoms with Crippen molar-refractivity contribution < 1.29 is 42.1 Å². The first-order valence-electron chi connectivity index (χ1n) is 16.8. The van der Waals surface area contributed by atoms with Crippen molar-refractivity contribution in [1.29, 1.82) is 0 Å². The Bertz CT molecular complexity index is 1710. The fourth-order valence-corrected chi connectivity index (χ4v) is 7.30. The predicted octanol–water partition coefficient (Wildman–Crippen LogP) is 8.12. The van der Waals surface area contributed by atoms with E-state index < -0.39 is 57.7 Å². The van der Waals surface area contributed by atoms with Crippen LogP contribution >= 0.6 is 11.6 Å². The predicted molar refractivity (Wildman–Crippen MR) is 186 cm³/mol. The molecule has 0 bridgehead atoms. The Morgan fingerprint density at radius 2 is 1.82 bits per heavy atom. The maximum absolute atomic E-state index is 16.9. The van der Waals surface area contributed by atoms with Crippen LogP contribution in [0.15, 0.2) is 48.5 Å². The van der Waals surface area contributed by atoms with Crippen molar-refractivity contribution in [2.24, 2.45) is 5.41 Å². The third kappa shape index (κ3) is 7.13. The Morgan fingerprint density at radius 3 is 2.44 bits per heavy atom. The maximum Gasteiger partial charge on any atom is 0.407 e. The summed E-state index contributed by atoms with van der Waals surface area (Å²) in [5.41, 5.74) is -1.39. The molecule has 9 nitrogen and oxygen atoms in total. The molecule has 1 fully saturated rings. The Hall–Kier alpha value is -3.93. The van der Waals surface area contributed by atoms with Crippen LogP contribution in [0.4, 0.5) is 13.6 Å². The van der Waals surface area contributed by atoms with E-state index in [4.69, 9.17) is 35.3 Å². The summed E-state index contributed by atoms with van der Waals surface area (Å²) in [6.07, 6.45) is 1.20. The molecule has 2 N–H and O–H groups in total. The highest BCUT2D eigenvalue weighted by Crippen LogP contribution is 2.59. The molecule has 2 aliphatic heterocycles. The van der Waals surface area contributed by atoms with Gasteiger partial charge in [-0.2, -0.15) is 0 Å². The number of nitrogens with one attached hydrogen (secondary N) is 2. The van der Waals surface area contributed by atoms with Crippen LogP contribution in [0, 0.1) is 17.0 Å². The number of hydrogen-bond donors (Lipinski definition) is 2. The molecule has 0 saturated carbocycles. The fraction of sp³-hybridized carbons (Fsp3) is 0.474. The number of fused-ring (bicyclic) bond motifs is 1. The molecule has 0 aliphatic carbocycles. The topological polar surface area (TPSA) is 104 Å². The minimum Gasteiger partial charge on any atom is -0.488 e. The van der Waals surface area contributed by atoms with Gasteiger partial charge in [-0.05, 0) is 49.3 Å². The lowest BCUT2D eigenvalue weighted by molar-refractivity contribution is -0.189. The molecule has 0 spiro atoms. The SMILES string of the molecule is CNC(=O)c1ccc(OC[C@H](C)O[C@H]2CCCCO2)c(F)c1-c1c(Cl)c(F)cc2c1C(C)C(c1ccccc1)(C(NC(=O)OC)C(C)(C)C)O2. The Labute approximate surface area is 296 Å². The molecular weight excluding hydrogens is 670 g/mol. The number of benzene rings is 3. The third-order valence-electron chi connectivity index (χ3n) is 9.37. The van der Waals surface area contributed by atoms with Crippen LogP contribution in [-0.2, 0) is 19.8 Å². The van der Waals surface area contributed by atoms with Crippen molar-refractivity contribution in [2.45, 2.75) is 83.8 Å². The van der Waals surface area contributed by atoms with Gasteiger partial charge in [0.1, 0.15) is 18.2 Å². The van der Waals surface area contributed by atoms with E-state index in [1.165, 1.54) is 26.3 Å². The summed E-state index contributed by atoms with van der Waals surface area (Å²) in [6.45, 7) is 10.0. The number of amides is 2.